The fourth-order valence-corrected chi connectivity index (χ4v) is 2.73. The first-order chi connectivity index (χ1) is 12.8. The van der Waals surface area contributed by atoms with Crippen LogP contribution in [0.3, 0.4) is 0 Å². The van der Waals surface area contributed by atoms with Crippen LogP contribution in [-0.2, 0) is 10.9 Å². The SMILES string of the molecule is O=C(c1ccc(F)cc1)N1CCO[C@H](COc2cccc(C(F)(F)F)c2)C1. The number of hydrogen-bond acceptors (Lipinski definition) is 3. The second-order valence-electron chi connectivity index (χ2n) is 6.09. The van der Waals surface area contributed by atoms with E-state index in [0.717, 1.165) is 12.1 Å². The molecule has 0 bridgehead atoms. The summed E-state index contributed by atoms with van der Waals surface area (Å²) in [4.78, 5) is 14.0. The van der Waals surface area contributed by atoms with Gasteiger partial charge in [-0.25, -0.2) is 4.39 Å². The minimum absolute atomic E-state index is 0.00844. The van der Waals surface area contributed by atoms with E-state index in [1.807, 2.05) is 0 Å². The Labute approximate surface area is 153 Å². The van der Waals surface area contributed by atoms with E-state index in [0.29, 0.717) is 12.1 Å². The molecule has 0 unspecified atom stereocenters. The van der Waals surface area contributed by atoms with E-state index in [4.69, 9.17) is 9.47 Å². The Morgan fingerprint density at radius 3 is 2.63 bits per heavy atom. The average Bonchev–Trinajstić information content (AvgIpc) is 2.66. The topological polar surface area (TPSA) is 38.8 Å². The van der Waals surface area contributed by atoms with Crippen molar-refractivity contribution in [3.63, 3.8) is 0 Å². The molecule has 1 aliphatic heterocycles. The number of halogens is 4. The van der Waals surface area contributed by atoms with Gasteiger partial charge in [0.2, 0.25) is 0 Å². The van der Waals surface area contributed by atoms with Crippen molar-refractivity contribution in [1.82, 2.24) is 4.90 Å². The van der Waals surface area contributed by atoms with Crippen LogP contribution in [0, 0.1) is 5.82 Å². The molecule has 1 fully saturated rings. The van der Waals surface area contributed by atoms with Crippen molar-refractivity contribution in [3.05, 3.63) is 65.5 Å². The molecule has 0 radical (unpaired) electrons. The number of benzene rings is 2. The Morgan fingerprint density at radius 1 is 1.19 bits per heavy atom. The lowest BCUT2D eigenvalue weighted by Crippen LogP contribution is -2.47. The van der Waals surface area contributed by atoms with Gasteiger partial charge < -0.3 is 14.4 Å². The minimum Gasteiger partial charge on any atom is -0.491 e. The summed E-state index contributed by atoms with van der Waals surface area (Å²) < 4.78 is 62.2. The van der Waals surface area contributed by atoms with Crippen molar-refractivity contribution in [1.29, 1.82) is 0 Å². The number of carbonyl (C=O) groups is 1. The highest BCUT2D eigenvalue weighted by Crippen LogP contribution is 2.31. The molecule has 8 heteroatoms. The molecule has 0 saturated carbocycles. The number of ether oxygens (including phenoxy) is 2. The van der Waals surface area contributed by atoms with Gasteiger partial charge in [0, 0.05) is 12.1 Å². The monoisotopic (exact) mass is 383 g/mol. The molecular weight excluding hydrogens is 366 g/mol. The zero-order valence-corrected chi connectivity index (χ0v) is 14.2. The molecule has 4 nitrogen and oxygen atoms in total. The van der Waals surface area contributed by atoms with Crippen LogP contribution < -0.4 is 4.74 Å². The molecule has 1 aliphatic rings. The van der Waals surface area contributed by atoms with Gasteiger partial charge in [0.15, 0.2) is 0 Å². The summed E-state index contributed by atoms with van der Waals surface area (Å²) in [7, 11) is 0. The Kier molecular flexibility index (Phi) is 5.65. The van der Waals surface area contributed by atoms with Crippen molar-refractivity contribution < 1.29 is 31.8 Å². The molecule has 0 aliphatic carbocycles. The third kappa shape index (κ3) is 4.97. The van der Waals surface area contributed by atoms with Gasteiger partial charge in [-0.3, -0.25) is 4.79 Å². The smallest absolute Gasteiger partial charge is 0.416 e. The third-order valence-corrected chi connectivity index (χ3v) is 4.11. The maximum atomic E-state index is 13.0. The highest BCUT2D eigenvalue weighted by Gasteiger charge is 2.31. The largest absolute Gasteiger partial charge is 0.491 e. The van der Waals surface area contributed by atoms with Gasteiger partial charge in [-0.1, -0.05) is 6.07 Å². The highest BCUT2D eigenvalue weighted by molar-refractivity contribution is 5.94. The molecular formula is C19H17F4NO3. The number of morpholine rings is 1. The summed E-state index contributed by atoms with van der Waals surface area (Å²) in [5, 5.41) is 0. The fraction of sp³-hybridized carbons (Fsp3) is 0.316. The summed E-state index contributed by atoms with van der Waals surface area (Å²) in [6, 6.07) is 9.81. The van der Waals surface area contributed by atoms with Crippen molar-refractivity contribution in [2.45, 2.75) is 12.3 Å². The van der Waals surface area contributed by atoms with Gasteiger partial charge in [0.1, 0.15) is 24.3 Å². The number of nitrogens with zero attached hydrogens (tertiary/aromatic N) is 1. The predicted octanol–water partition coefficient (Wildman–Crippen LogP) is 3.76. The Morgan fingerprint density at radius 2 is 1.93 bits per heavy atom. The minimum atomic E-state index is -4.45. The third-order valence-electron chi connectivity index (χ3n) is 4.11. The van der Waals surface area contributed by atoms with Gasteiger partial charge in [0.05, 0.1) is 18.7 Å². The van der Waals surface area contributed by atoms with Crippen molar-refractivity contribution >= 4 is 5.91 Å². The van der Waals surface area contributed by atoms with Crippen LogP contribution in [-0.4, -0.2) is 43.2 Å². The van der Waals surface area contributed by atoms with Crippen LogP contribution in [0.4, 0.5) is 17.6 Å². The number of carbonyl (C=O) groups excluding carboxylic acids is 1. The van der Waals surface area contributed by atoms with Gasteiger partial charge in [-0.15, -0.1) is 0 Å². The first-order valence-corrected chi connectivity index (χ1v) is 8.29. The van der Waals surface area contributed by atoms with Gasteiger partial charge >= 0.3 is 6.18 Å². The Balaban J connectivity index is 1.59. The van der Waals surface area contributed by atoms with E-state index >= 15 is 0 Å². The molecule has 0 aromatic heterocycles. The quantitative estimate of drug-likeness (QED) is 0.755. The van der Waals surface area contributed by atoms with Crippen molar-refractivity contribution in [3.8, 4) is 5.75 Å². The molecule has 0 spiro atoms. The van der Waals surface area contributed by atoms with Gasteiger partial charge in [-0.2, -0.15) is 13.2 Å². The standard InChI is InChI=1S/C19H17F4NO3/c20-15-6-4-13(5-7-15)18(25)24-8-9-26-17(11-24)12-27-16-3-1-2-14(10-16)19(21,22)23/h1-7,10,17H,8-9,11-12H2/t17-/m0/s1. The molecule has 0 N–H and O–H groups in total. The summed E-state index contributed by atoms with van der Waals surface area (Å²) in [5.41, 5.74) is -0.437. The normalized spacial score (nSPS) is 17.6. The molecule has 1 heterocycles. The van der Waals surface area contributed by atoms with Crippen LogP contribution in [0.25, 0.3) is 0 Å². The zero-order chi connectivity index (χ0) is 19.4. The highest BCUT2D eigenvalue weighted by atomic mass is 19.4. The van der Waals surface area contributed by atoms with Crippen molar-refractivity contribution in [2.24, 2.45) is 0 Å². The summed E-state index contributed by atoms with van der Waals surface area (Å²) in [6.45, 7) is 0.892. The predicted molar refractivity (Wildman–Crippen MR) is 89.0 cm³/mol. The lowest BCUT2D eigenvalue weighted by Gasteiger charge is -2.33. The van der Waals surface area contributed by atoms with Crippen molar-refractivity contribution in [2.75, 3.05) is 26.3 Å². The van der Waals surface area contributed by atoms with E-state index in [1.165, 1.54) is 36.4 Å². The lowest BCUT2D eigenvalue weighted by molar-refractivity contribution is -0.137. The summed E-state index contributed by atoms with van der Waals surface area (Å²) >= 11 is 0. The first kappa shape index (κ1) is 19.2. The average molecular weight is 383 g/mol. The fourth-order valence-electron chi connectivity index (χ4n) is 2.73. The van der Waals surface area contributed by atoms with E-state index in [2.05, 4.69) is 0 Å². The van der Waals surface area contributed by atoms with E-state index in [9.17, 15) is 22.4 Å². The molecule has 2 aromatic rings. The van der Waals surface area contributed by atoms with Gasteiger partial charge in [0.25, 0.3) is 5.91 Å². The molecule has 1 saturated heterocycles. The lowest BCUT2D eigenvalue weighted by atomic mass is 10.1. The van der Waals surface area contributed by atoms with E-state index < -0.39 is 23.7 Å². The first-order valence-electron chi connectivity index (χ1n) is 8.29. The molecule has 2 aromatic carbocycles. The summed E-state index contributed by atoms with van der Waals surface area (Å²) in [6.07, 6.45) is -4.92. The second-order valence-corrected chi connectivity index (χ2v) is 6.09. The van der Waals surface area contributed by atoms with Crippen LogP contribution in [0.15, 0.2) is 48.5 Å². The molecule has 144 valence electrons. The summed E-state index contributed by atoms with van der Waals surface area (Å²) in [5.74, 6) is -0.612. The molecule has 1 amide bonds. The Hall–Kier alpha value is -2.61. The zero-order valence-electron chi connectivity index (χ0n) is 14.2. The number of alkyl halides is 3. The molecule has 27 heavy (non-hydrogen) atoms. The molecule has 3 rings (SSSR count). The number of hydrogen-bond donors (Lipinski definition) is 0. The number of amides is 1. The maximum Gasteiger partial charge on any atom is 0.416 e. The number of rotatable bonds is 4. The van der Waals surface area contributed by atoms with Gasteiger partial charge in [-0.05, 0) is 42.5 Å². The van der Waals surface area contributed by atoms with E-state index in [1.54, 1.807) is 4.90 Å². The van der Waals surface area contributed by atoms with E-state index in [-0.39, 0.29) is 31.4 Å². The van der Waals surface area contributed by atoms with Crippen LogP contribution in [0.2, 0.25) is 0 Å². The van der Waals surface area contributed by atoms with Crippen LogP contribution >= 0.6 is 0 Å². The Bertz CT molecular complexity index is 792. The second kappa shape index (κ2) is 7.96. The van der Waals surface area contributed by atoms with Crippen LogP contribution in [0.5, 0.6) is 5.75 Å². The van der Waals surface area contributed by atoms with Crippen LogP contribution in [0.1, 0.15) is 15.9 Å². The maximum absolute atomic E-state index is 13.0. The molecule has 1 atom stereocenters.